The Balaban J connectivity index is 0.000000202. The molecule has 0 unspecified atom stereocenters. The van der Waals surface area contributed by atoms with E-state index in [0.29, 0.717) is 31.9 Å². The van der Waals surface area contributed by atoms with Gasteiger partial charge in [0.25, 0.3) is 5.91 Å². The van der Waals surface area contributed by atoms with E-state index < -0.39 is 12.0 Å². The van der Waals surface area contributed by atoms with Gasteiger partial charge in [-0.05, 0) is 62.1 Å². The Morgan fingerprint density at radius 1 is 0.861 bits per heavy atom. The van der Waals surface area contributed by atoms with Crippen LogP contribution in [0.5, 0.6) is 11.5 Å². The van der Waals surface area contributed by atoms with Gasteiger partial charge in [-0.25, -0.2) is 0 Å². The summed E-state index contributed by atoms with van der Waals surface area (Å²) in [7, 11) is 3.19. The number of halogens is 2. The molecule has 2 aliphatic rings. The Labute approximate surface area is 209 Å². The van der Waals surface area contributed by atoms with E-state index in [1.54, 1.807) is 24.1 Å². The lowest BCUT2D eigenvalue weighted by Gasteiger charge is -2.33. The van der Waals surface area contributed by atoms with E-state index in [1.807, 2.05) is 32.0 Å². The molecular weight excluding hydrogens is 474 g/mol. The highest BCUT2D eigenvalue weighted by molar-refractivity contribution is 6.01. The molecule has 4 rings (SSSR count). The molecule has 0 saturated heterocycles. The highest BCUT2D eigenvalue weighted by atomic mass is 19.3. The Morgan fingerprint density at radius 2 is 1.39 bits per heavy atom. The fourth-order valence-electron chi connectivity index (χ4n) is 3.89. The molecule has 0 N–H and O–H groups in total. The number of ether oxygens (including phenoxy) is 4. The zero-order chi connectivity index (χ0) is 26.3. The molecule has 8 nitrogen and oxygen atoms in total. The van der Waals surface area contributed by atoms with E-state index in [0.717, 1.165) is 33.9 Å². The monoisotopic (exact) mass is 506 g/mol. The van der Waals surface area contributed by atoms with Crippen LogP contribution in [-0.2, 0) is 19.1 Å². The van der Waals surface area contributed by atoms with Crippen molar-refractivity contribution in [2.24, 2.45) is 0 Å². The fraction of sp³-hybridized carbons (Fsp3) is 0.462. The van der Waals surface area contributed by atoms with Crippen molar-refractivity contribution in [1.29, 1.82) is 0 Å². The molecule has 2 amide bonds. The molecule has 0 aromatic heterocycles. The molecule has 196 valence electrons. The third-order valence-electron chi connectivity index (χ3n) is 5.66. The maximum Gasteiger partial charge on any atom is 0.482 e. The average molecular weight is 507 g/mol. The van der Waals surface area contributed by atoms with Gasteiger partial charge in [0, 0.05) is 40.5 Å². The number of benzene rings is 2. The second-order valence-corrected chi connectivity index (χ2v) is 8.54. The van der Waals surface area contributed by atoms with Gasteiger partial charge in [-0.15, -0.1) is 0 Å². The van der Waals surface area contributed by atoms with E-state index in [2.05, 4.69) is 4.74 Å². The number of aryl methyl sites for hydroxylation is 2. The van der Waals surface area contributed by atoms with Gasteiger partial charge in [0.1, 0.15) is 5.75 Å². The number of hydrogen-bond donors (Lipinski definition) is 0. The predicted molar refractivity (Wildman–Crippen MR) is 131 cm³/mol. The smallest absolute Gasteiger partial charge is 0.482 e. The van der Waals surface area contributed by atoms with Crippen LogP contribution in [0, 0.1) is 13.8 Å². The summed E-state index contributed by atoms with van der Waals surface area (Å²) in [5, 5.41) is 0. The summed E-state index contributed by atoms with van der Waals surface area (Å²) in [6.07, 6.45) is -2.50. The van der Waals surface area contributed by atoms with Crippen LogP contribution in [0.25, 0.3) is 0 Å². The van der Waals surface area contributed by atoms with Crippen molar-refractivity contribution in [1.82, 2.24) is 0 Å². The van der Waals surface area contributed by atoms with Crippen molar-refractivity contribution in [2.45, 2.75) is 32.8 Å². The minimum Gasteiger partial charge on any atom is -0.482 e. The van der Waals surface area contributed by atoms with Gasteiger partial charge in [-0.1, -0.05) is 12.1 Å². The minimum absolute atomic E-state index is 0.0132. The van der Waals surface area contributed by atoms with Gasteiger partial charge in [0.15, 0.2) is 12.4 Å². The molecule has 2 aromatic carbocycles. The molecular formula is C26H32F2N2O6. The first kappa shape index (κ1) is 27.3. The number of rotatable bonds is 8. The second-order valence-electron chi connectivity index (χ2n) is 8.54. The fourth-order valence-corrected chi connectivity index (χ4v) is 3.89. The number of amides is 2. The summed E-state index contributed by atoms with van der Waals surface area (Å²) in [6.45, 7) is 5.86. The quantitative estimate of drug-likeness (QED) is 0.502. The molecule has 0 bridgehead atoms. The lowest BCUT2D eigenvalue weighted by Crippen LogP contribution is -2.51. The standard InChI is InChI=1S/C13H15F2NO3.C13H17NO3/c1-9-4-5-11-10(8-9)16(6-3-7-18-2)12(17)13(14,15)19-11;1-10-4-5-12-11(8-10)14(6-3-7-16-2)13(15)9-17-12/h4-5,8H,3,6-7H2,1-2H3;4-5,8H,3,6-7,9H2,1-2H3. The van der Waals surface area contributed by atoms with Crippen molar-refractivity contribution in [3.63, 3.8) is 0 Å². The summed E-state index contributed by atoms with van der Waals surface area (Å²) in [5.74, 6) is -0.513. The molecule has 0 fully saturated rings. The van der Waals surface area contributed by atoms with Gasteiger partial charge < -0.3 is 28.7 Å². The predicted octanol–water partition coefficient (Wildman–Crippen LogP) is 4.11. The Bertz CT molecular complexity index is 1080. The van der Waals surface area contributed by atoms with Gasteiger partial charge in [0.05, 0.1) is 11.4 Å². The number of alkyl halides is 2. The van der Waals surface area contributed by atoms with Gasteiger partial charge in [-0.2, -0.15) is 8.78 Å². The van der Waals surface area contributed by atoms with Gasteiger partial charge >= 0.3 is 12.0 Å². The summed E-state index contributed by atoms with van der Waals surface area (Å²) in [6, 6.07) is 10.7. The van der Waals surface area contributed by atoms with Crippen LogP contribution in [0.4, 0.5) is 20.2 Å². The first-order valence-electron chi connectivity index (χ1n) is 11.7. The van der Waals surface area contributed by atoms with E-state index in [9.17, 15) is 18.4 Å². The molecule has 0 spiro atoms. The number of fused-ring (bicyclic) bond motifs is 2. The zero-order valence-corrected chi connectivity index (χ0v) is 21.0. The number of nitrogens with zero attached hydrogens (tertiary/aromatic N) is 2. The van der Waals surface area contributed by atoms with Crippen molar-refractivity contribution in [3.8, 4) is 11.5 Å². The van der Waals surface area contributed by atoms with E-state index >= 15 is 0 Å². The van der Waals surface area contributed by atoms with Crippen molar-refractivity contribution < 1.29 is 37.3 Å². The van der Waals surface area contributed by atoms with Crippen LogP contribution in [0.1, 0.15) is 24.0 Å². The molecule has 0 aliphatic carbocycles. The van der Waals surface area contributed by atoms with Crippen molar-refractivity contribution in [3.05, 3.63) is 47.5 Å². The number of carbonyl (C=O) groups is 2. The lowest BCUT2D eigenvalue weighted by molar-refractivity contribution is -0.192. The average Bonchev–Trinajstić information content (AvgIpc) is 2.84. The molecule has 2 heterocycles. The maximum atomic E-state index is 13.5. The van der Waals surface area contributed by atoms with Crippen LogP contribution in [-0.4, -0.2) is 65.1 Å². The molecule has 2 aliphatic heterocycles. The molecule has 2 aromatic rings. The molecule has 0 saturated carbocycles. The Kier molecular flexibility index (Phi) is 9.22. The highest BCUT2D eigenvalue weighted by Crippen LogP contribution is 2.39. The second kappa shape index (κ2) is 12.1. The maximum absolute atomic E-state index is 13.5. The van der Waals surface area contributed by atoms with Gasteiger partial charge in [0.2, 0.25) is 0 Å². The summed E-state index contributed by atoms with van der Waals surface area (Å²) < 4.78 is 46.7. The Hall–Kier alpha value is -3.24. The van der Waals surface area contributed by atoms with Crippen molar-refractivity contribution >= 4 is 23.2 Å². The van der Waals surface area contributed by atoms with Gasteiger partial charge in [-0.3, -0.25) is 9.59 Å². The topological polar surface area (TPSA) is 77.5 Å². The van der Waals surface area contributed by atoms with Crippen LogP contribution >= 0.6 is 0 Å². The minimum atomic E-state index is -3.81. The largest absolute Gasteiger partial charge is 0.482 e. The number of carbonyl (C=O) groups excluding carboxylic acids is 2. The molecule has 10 heteroatoms. The van der Waals surface area contributed by atoms with Crippen LogP contribution < -0.4 is 19.3 Å². The Morgan fingerprint density at radius 3 is 1.97 bits per heavy atom. The molecule has 36 heavy (non-hydrogen) atoms. The third-order valence-corrected chi connectivity index (χ3v) is 5.66. The SMILES string of the molecule is COCCCN1C(=O)C(F)(F)Oc2ccc(C)cc21.COCCCN1C(=O)COc2ccc(C)cc21. The first-order valence-corrected chi connectivity index (χ1v) is 11.7. The van der Waals surface area contributed by atoms with Crippen molar-refractivity contribution in [2.75, 3.05) is 56.9 Å². The zero-order valence-electron chi connectivity index (χ0n) is 21.0. The first-order chi connectivity index (χ1) is 17.2. The van der Waals surface area contributed by atoms with E-state index in [1.165, 1.54) is 13.2 Å². The number of methoxy groups -OCH3 is 2. The van der Waals surface area contributed by atoms with Crippen LogP contribution in [0.2, 0.25) is 0 Å². The summed E-state index contributed by atoms with van der Waals surface area (Å²) in [4.78, 5) is 26.4. The number of hydrogen-bond acceptors (Lipinski definition) is 6. The van der Waals surface area contributed by atoms with E-state index in [-0.39, 0.29) is 24.8 Å². The van der Waals surface area contributed by atoms with Crippen LogP contribution in [0.15, 0.2) is 36.4 Å². The third kappa shape index (κ3) is 6.50. The number of anilines is 2. The lowest BCUT2D eigenvalue weighted by atomic mass is 10.1. The van der Waals surface area contributed by atoms with Crippen LogP contribution in [0.3, 0.4) is 0 Å². The normalized spacial score (nSPS) is 15.8. The summed E-state index contributed by atoms with van der Waals surface area (Å²) in [5.41, 5.74) is 3.25. The molecule has 0 radical (unpaired) electrons. The van der Waals surface area contributed by atoms with E-state index in [4.69, 9.17) is 14.2 Å². The summed E-state index contributed by atoms with van der Waals surface area (Å²) >= 11 is 0. The molecule has 0 atom stereocenters. The highest BCUT2D eigenvalue weighted by Gasteiger charge is 2.50.